The van der Waals surface area contributed by atoms with Gasteiger partial charge >= 0.3 is 5.97 Å². The van der Waals surface area contributed by atoms with Crippen LogP contribution in [0.4, 0.5) is 0 Å². The Morgan fingerprint density at radius 3 is 1.95 bits per heavy atom. The summed E-state index contributed by atoms with van der Waals surface area (Å²) in [5.41, 5.74) is 6.19. The third-order valence-electron chi connectivity index (χ3n) is 9.59. The highest BCUT2D eigenvalue weighted by molar-refractivity contribution is 5.98. The van der Waals surface area contributed by atoms with E-state index in [1.807, 2.05) is 67.6 Å². The van der Waals surface area contributed by atoms with Crippen molar-refractivity contribution in [2.45, 2.75) is 90.6 Å². The molecule has 0 bridgehead atoms. The minimum absolute atomic E-state index is 0.0901. The zero-order chi connectivity index (χ0) is 39.4. The molecule has 0 fully saturated rings. The topological polar surface area (TPSA) is 131 Å². The van der Waals surface area contributed by atoms with Gasteiger partial charge in [-0.25, -0.2) is 14.8 Å². The summed E-state index contributed by atoms with van der Waals surface area (Å²) in [4.78, 5) is 48.8. The smallest absolute Gasteiger partial charge is 0.330 e. The van der Waals surface area contributed by atoms with Crippen LogP contribution in [0.5, 0.6) is 5.75 Å². The monoisotopic (exact) mass is 740 g/mol. The van der Waals surface area contributed by atoms with Gasteiger partial charge in [-0.1, -0.05) is 132 Å². The molecule has 3 N–H and O–H groups in total. The number of rotatable bonds is 17. The molecule has 0 spiro atoms. The van der Waals surface area contributed by atoms with Gasteiger partial charge in [0.1, 0.15) is 11.8 Å². The molecule has 1 unspecified atom stereocenters. The number of aromatic nitrogens is 2. The first-order chi connectivity index (χ1) is 26.4. The van der Waals surface area contributed by atoms with Crippen LogP contribution in [0, 0.1) is 6.92 Å². The number of benzene rings is 4. The number of carbonyl (C=O) groups excluding carboxylic acids is 2. The van der Waals surface area contributed by atoms with E-state index < -0.39 is 29.9 Å². The van der Waals surface area contributed by atoms with Crippen LogP contribution in [-0.4, -0.2) is 45.5 Å². The van der Waals surface area contributed by atoms with Gasteiger partial charge in [0.15, 0.2) is 11.9 Å². The van der Waals surface area contributed by atoms with Gasteiger partial charge in [0.05, 0.1) is 6.61 Å². The molecule has 1 aromatic heterocycles. The Balaban J connectivity index is 1.27. The molecule has 0 saturated heterocycles. The van der Waals surface area contributed by atoms with Crippen molar-refractivity contribution in [1.82, 2.24) is 20.6 Å². The molecule has 5 aromatic rings. The van der Waals surface area contributed by atoms with E-state index >= 15 is 0 Å². The van der Waals surface area contributed by atoms with Crippen LogP contribution in [0.3, 0.4) is 0 Å². The summed E-state index contributed by atoms with van der Waals surface area (Å²) in [6.45, 7) is 11.1. The van der Waals surface area contributed by atoms with Gasteiger partial charge < -0.3 is 20.5 Å². The molecule has 9 nitrogen and oxygen atoms in total. The number of carboxylic acids is 1. The van der Waals surface area contributed by atoms with Crippen LogP contribution in [-0.2, 0) is 21.4 Å². The Kier molecular flexibility index (Phi) is 13.9. The molecule has 0 aliphatic heterocycles. The fraction of sp³-hybridized carbons (Fsp3) is 0.326. The Morgan fingerprint density at radius 2 is 1.35 bits per heavy atom. The Hall–Kier alpha value is -5.83. The third-order valence-corrected chi connectivity index (χ3v) is 9.59. The molecular formula is C46H52N4O5. The highest BCUT2D eigenvalue weighted by Gasteiger charge is 2.28. The van der Waals surface area contributed by atoms with Crippen LogP contribution in [0.15, 0.2) is 109 Å². The predicted molar refractivity (Wildman–Crippen MR) is 217 cm³/mol. The predicted octanol–water partition coefficient (Wildman–Crippen LogP) is 9.05. The lowest BCUT2D eigenvalue weighted by molar-refractivity contribution is -0.142. The summed E-state index contributed by atoms with van der Waals surface area (Å²) in [5.74, 6) is -0.864. The average molecular weight is 741 g/mol. The lowest BCUT2D eigenvalue weighted by Gasteiger charge is -2.23. The van der Waals surface area contributed by atoms with Gasteiger partial charge in [0, 0.05) is 35.5 Å². The van der Waals surface area contributed by atoms with Crippen molar-refractivity contribution in [3.8, 4) is 28.3 Å². The quantitative estimate of drug-likeness (QED) is 0.0811. The normalized spacial score (nSPS) is 12.4. The number of nitrogens with one attached hydrogen (secondary N) is 2. The van der Waals surface area contributed by atoms with E-state index in [1.54, 1.807) is 48.8 Å². The van der Waals surface area contributed by atoms with Crippen molar-refractivity contribution >= 4 is 17.8 Å². The molecule has 0 aliphatic rings. The molecule has 5 rings (SSSR count). The number of aliphatic carboxylic acids is 1. The maximum absolute atomic E-state index is 13.8. The number of carbonyl (C=O) groups is 3. The Labute approximate surface area is 324 Å². The molecule has 9 heteroatoms. The number of hydrogen-bond acceptors (Lipinski definition) is 6. The number of amides is 2. The number of nitrogens with zero attached hydrogens (tertiary/aromatic N) is 2. The summed E-state index contributed by atoms with van der Waals surface area (Å²) in [6, 6.07) is 27.2. The maximum atomic E-state index is 13.8. The molecular weight excluding hydrogens is 689 g/mol. The molecule has 2 atom stereocenters. The van der Waals surface area contributed by atoms with Crippen LogP contribution in [0.25, 0.3) is 22.5 Å². The number of hydrogen-bond donors (Lipinski definition) is 3. The molecule has 2 amide bonds. The first kappa shape index (κ1) is 40.4. The second kappa shape index (κ2) is 19.0. The van der Waals surface area contributed by atoms with Crippen molar-refractivity contribution in [2.24, 2.45) is 0 Å². The van der Waals surface area contributed by atoms with Gasteiger partial charge in [0.2, 0.25) is 5.91 Å². The van der Waals surface area contributed by atoms with E-state index in [-0.39, 0.29) is 11.8 Å². The molecule has 0 saturated carbocycles. The molecule has 55 heavy (non-hydrogen) atoms. The van der Waals surface area contributed by atoms with E-state index in [9.17, 15) is 19.5 Å². The third kappa shape index (κ3) is 11.6. The molecule has 0 aliphatic carbocycles. The van der Waals surface area contributed by atoms with Crippen molar-refractivity contribution in [1.29, 1.82) is 0 Å². The maximum Gasteiger partial charge on any atom is 0.330 e. The number of carboxylic acid groups (broad SMARTS) is 1. The summed E-state index contributed by atoms with van der Waals surface area (Å²) in [7, 11) is 0. The summed E-state index contributed by atoms with van der Waals surface area (Å²) < 4.78 is 5.90. The van der Waals surface area contributed by atoms with Crippen LogP contribution in [0.1, 0.15) is 98.5 Å². The minimum atomic E-state index is -1.29. The van der Waals surface area contributed by atoms with Crippen molar-refractivity contribution in [3.63, 3.8) is 0 Å². The van der Waals surface area contributed by atoms with E-state index in [1.165, 1.54) is 25.7 Å². The van der Waals surface area contributed by atoms with E-state index in [0.717, 1.165) is 45.6 Å². The summed E-state index contributed by atoms with van der Waals surface area (Å²) in [6.07, 6.45) is 9.68. The zero-order valence-electron chi connectivity index (χ0n) is 32.5. The van der Waals surface area contributed by atoms with Crippen LogP contribution >= 0.6 is 0 Å². The SMILES string of the molecule is CCCCCCCOc1ccc(-c2cnc(-c3ccc(C[C@H](NC(=O)c4ccc(C(C)(C)C)cc4)C(=O)NC(C(=O)O)c4ccc(C)cc4)cc3)nc2)cc1. The molecule has 286 valence electrons. The van der Waals surface area contributed by atoms with Crippen molar-refractivity contribution in [2.75, 3.05) is 6.61 Å². The molecule has 1 heterocycles. The highest BCUT2D eigenvalue weighted by Crippen LogP contribution is 2.25. The molecule has 4 aromatic carbocycles. The minimum Gasteiger partial charge on any atom is -0.494 e. The van der Waals surface area contributed by atoms with Gasteiger partial charge in [-0.3, -0.25) is 9.59 Å². The first-order valence-corrected chi connectivity index (χ1v) is 19.1. The lowest BCUT2D eigenvalue weighted by atomic mass is 9.86. The van der Waals surface area contributed by atoms with Crippen LogP contribution < -0.4 is 15.4 Å². The fourth-order valence-corrected chi connectivity index (χ4v) is 6.15. The fourth-order valence-electron chi connectivity index (χ4n) is 6.15. The van der Waals surface area contributed by atoms with Crippen molar-refractivity contribution < 1.29 is 24.2 Å². The second-order valence-corrected chi connectivity index (χ2v) is 15.0. The first-order valence-electron chi connectivity index (χ1n) is 19.1. The average Bonchev–Trinajstić information content (AvgIpc) is 3.18. The number of unbranched alkanes of at least 4 members (excludes halogenated alkanes) is 4. The standard InChI is InChI=1S/C46H52N4O5/c1-6-7-8-9-10-27-55-39-25-21-33(22-26-39)37-29-47-42(48-30-37)35-17-13-32(14-18-35)28-40(49-43(51)36-19-23-38(24-20-36)46(3,4)5)44(52)50-41(45(53)54)34-15-11-31(2)12-16-34/h11-26,29-30,40-41H,6-10,27-28H2,1-5H3,(H,49,51)(H,50,52)(H,53,54)/t40-,41?/m0/s1. The zero-order valence-corrected chi connectivity index (χ0v) is 32.5. The summed E-state index contributed by atoms with van der Waals surface area (Å²) >= 11 is 0. The second-order valence-electron chi connectivity index (χ2n) is 15.0. The Bertz CT molecular complexity index is 2000. The van der Waals surface area contributed by atoms with Gasteiger partial charge in [-0.2, -0.15) is 0 Å². The largest absolute Gasteiger partial charge is 0.494 e. The number of ether oxygens (including phenoxy) is 1. The van der Waals surface area contributed by atoms with E-state index in [0.29, 0.717) is 23.6 Å². The van der Waals surface area contributed by atoms with E-state index in [4.69, 9.17) is 4.74 Å². The highest BCUT2D eigenvalue weighted by atomic mass is 16.5. The molecule has 0 radical (unpaired) electrons. The summed E-state index contributed by atoms with van der Waals surface area (Å²) in [5, 5.41) is 15.6. The van der Waals surface area contributed by atoms with Gasteiger partial charge in [-0.15, -0.1) is 0 Å². The number of aryl methyl sites for hydroxylation is 1. The van der Waals surface area contributed by atoms with Crippen molar-refractivity contribution in [3.05, 3.63) is 137 Å². The lowest BCUT2D eigenvalue weighted by Crippen LogP contribution is -2.50. The Morgan fingerprint density at radius 1 is 0.727 bits per heavy atom. The van der Waals surface area contributed by atoms with E-state index in [2.05, 4.69) is 48.3 Å². The van der Waals surface area contributed by atoms with Gasteiger partial charge in [0.25, 0.3) is 5.91 Å². The van der Waals surface area contributed by atoms with Gasteiger partial charge in [-0.05, 0) is 65.3 Å². The van der Waals surface area contributed by atoms with Crippen LogP contribution in [0.2, 0.25) is 0 Å².